The highest BCUT2D eigenvalue weighted by atomic mass is 16.5. The molecule has 0 aliphatic heterocycles. The zero-order valence-electron chi connectivity index (χ0n) is 12.4. The Kier molecular flexibility index (Phi) is 5.91. The normalized spacial score (nSPS) is 9.95. The quantitative estimate of drug-likeness (QED) is 0.732. The predicted molar refractivity (Wildman–Crippen MR) is 75.4 cm³/mol. The number of rotatable bonds is 6. The molecule has 6 heteroatoms. The Morgan fingerprint density at radius 3 is 2.55 bits per heavy atom. The number of aromatic nitrogens is 2. The number of esters is 1. The van der Waals surface area contributed by atoms with Crippen LogP contribution in [0.2, 0.25) is 0 Å². The number of nitriles is 1. The summed E-state index contributed by atoms with van der Waals surface area (Å²) < 4.78 is 4.61. The van der Waals surface area contributed by atoms with Crippen LogP contribution in [0.15, 0.2) is 0 Å². The van der Waals surface area contributed by atoms with Crippen LogP contribution in [-0.2, 0) is 22.4 Å². The van der Waals surface area contributed by atoms with Gasteiger partial charge in [0, 0.05) is 13.6 Å². The van der Waals surface area contributed by atoms with Crippen molar-refractivity contribution in [3.05, 3.63) is 16.8 Å². The molecule has 0 radical (unpaired) electrons. The summed E-state index contributed by atoms with van der Waals surface area (Å²) in [6, 6.07) is 2.21. The number of nitrogens with zero attached hydrogens (tertiary/aromatic N) is 4. The van der Waals surface area contributed by atoms with Crippen LogP contribution in [0.4, 0.5) is 5.82 Å². The molecule has 0 N–H and O–H groups in total. The van der Waals surface area contributed by atoms with E-state index in [-0.39, 0.29) is 12.4 Å². The van der Waals surface area contributed by atoms with E-state index >= 15 is 0 Å². The number of hydrogen-bond acceptors (Lipinski definition) is 6. The van der Waals surface area contributed by atoms with E-state index in [1.54, 1.807) is 11.9 Å². The first-order valence-corrected chi connectivity index (χ1v) is 6.65. The maximum atomic E-state index is 11.2. The van der Waals surface area contributed by atoms with Gasteiger partial charge in [0.2, 0.25) is 0 Å². The molecule has 1 aromatic rings. The molecule has 0 saturated heterocycles. The van der Waals surface area contributed by atoms with Crippen LogP contribution >= 0.6 is 0 Å². The van der Waals surface area contributed by atoms with Gasteiger partial charge in [-0.25, -0.2) is 0 Å². The summed E-state index contributed by atoms with van der Waals surface area (Å²) in [5, 5.41) is 17.7. The van der Waals surface area contributed by atoms with Gasteiger partial charge in [-0.15, -0.1) is 5.10 Å². The first-order chi connectivity index (χ1) is 9.58. The van der Waals surface area contributed by atoms with Gasteiger partial charge in [-0.1, -0.05) is 13.8 Å². The van der Waals surface area contributed by atoms with E-state index in [4.69, 9.17) is 0 Å². The van der Waals surface area contributed by atoms with Crippen LogP contribution in [0.5, 0.6) is 0 Å². The molecule has 1 heterocycles. The maximum Gasteiger partial charge on any atom is 0.307 e. The second-order valence-corrected chi connectivity index (χ2v) is 4.39. The minimum atomic E-state index is -0.288. The standard InChI is InChI=1S/C14H20N4O2/c1-5-10-11(9-15)14(17-16-12(10)6-2)18(3)8-7-13(19)20-4/h5-8H2,1-4H3. The van der Waals surface area contributed by atoms with E-state index in [2.05, 4.69) is 21.0 Å². The first kappa shape index (κ1) is 15.9. The third kappa shape index (κ3) is 3.44. The molecule has 108 valence electrons. The second kappa shape index (κ2) is 7.43. The van der Waals surface area contributed by atoms with Crippen LogP contribution in [0.1, 0.15) is 37.1 Å². The molecule has 1 aromatic heterocycles. The van der Waals surface area contributed by atoms with Crippen molar-refractivity contribution in [1.82, 2.24) is 10.2 Å². The third-order valence-corrected chi connectivity index (χ3v) is 3.18. The van der Waals surface area contributed by atoms with E-state index in [1.807, 2.05) is 13.8 Å². The fourth-order valence-electron chi connectivity index (χ4n) is 2.01. The second-order valence-electron chi connectivity index (χ2n) is 4.39. The summed E-state index contributed by atoms with van der Waals surface area (Å²) in [7, 11) is 3.15. The van der Waals surface area contributed by atoms with Gasteiger partial charge in [0.05, 0.1) is 19.2 Å². The molecule has 0 aromatic carbocycles. The SMILES string of the molecule is CCc1nnc(N(C)CCC(=O)OC)c(C#N)c1CC. The van der Waals surface area contributed by atoms with E-state index < -0.39 is 0 Å². The third-order valence-electron chi connectivity index (χ3n) is 3.18. The number of ether oxygens (including phenoxy) is 1. The van der Waals surface area contributed by atoms with Crippen LogP contribution in [0.3, 0.4) is 0 Å². The van der Waals surface area contributed by atoms with Crippen molar-refractivity contribution >= 4 is 11.8 Å². The molecular formula is C14H20N4O2. The lowest BCUT2D eigenvalue weighted by Crippen LogP contribution is -2.25. The molecule has 0 fully saturated rings. The molecule has 0 saturated carbocycles. The summed E-state index contributed by atoms with van der Waals surface area (Å²) >= 11 is 0. The van der Waals surface area contributed by atoms with E-state index in [9.17, 15) is 10.1 Å². The summed E-state index contributed by atoms with van der Waals surface area (Å²) in [5.41, 5.74) is 2.34. The molecule has 0 spiro atoms. The summed E-state index contributed by atoms with van der Waals surface area (Å²) in [6.07, 6.45) is 1.73. The van der Waals surface area contributed by atoms with Crippen molar-refractivity contribution in [2.75, 3.05) is 25.6 Å². The van der Waals surface area contributed by atoms with Gasteiger partial charge in [-0.2, -0.15) is 10.4 Å². The Labute approximate surface area is 119 Å². The maximum absolute atomic E-state index is 11.2. The number of hydrogen-bond donors (Lipinski definition) is 0. The van der Waals surface area contributed by atoms with Crippen LogP contribution in [-0.4, -0.2) is 36.9 Å². The molecule has 20 heavy (non-hydrogen) atoms. The Hall–Kier alpha value is -2.16. The predicted octanol–water partition coefficient (Wildman–Crippen LogP) is 1.47. The minimum Gasteiger partial charge on any atom is -0.469 e. The van der Waals surface area contributed by atoms with Crippen molar-refractivity contribution in [2.45, 2.75) is 33.1 Å². The number of anilines is 1. The summed E-state index contributed by atoms with van der Waals surface area (Å²) in [4.78, 5) is 12.9. The Morgan fingerprint density at radius 2 is 2.05 bits per heavy atom. The first-order valence-electron chi connectivity index (χ1n) is 6.65. The lowest BCUT2D eigenvalue weighted by molar-refractivity contribution is -0.140. The highest BCUT2D eigenvalue weighted by Gasteiger charge is 2.17. The fourth-order valence-corrected chi connectivity index (χ4v) is 2.01. The van der Waals surface area contributed by atoms with Crippen molar-refractivity contribution in [3.63, 3.8) is 0 Å². The van der Waals surface area contributed by atoms with Gasteiger partial charge in [0.1, 0.15) is 11.6 Å². The molecule has 0 amide bonds. The zero-order chi connectivity index (χ0) is 15.1. The largest absolute Gasteiger partial charge is 0.469 e. The van der Waals surface area contributed by atoms with Gasteiger partial charge < -0.3 is 9.64 Å². The van der Waals surface area contributed by atoms with E-state index in [1.165, 1.54) is 7.11 Å². The Bertz CT molecular complexity index is 523. The Balaban J connectivity index is 3.06. The number of carbonyl (C=O) groups is 1. The lowest BCUT2D eigenvalue weighted by atomic mass is 10.0. The highest BCUT2D eigenvalue weighted by Crippen LogP contribution is 2.22. The number of methoxy groups -OCH3 is 1. The topological polar surface area (TPSA) is 79.1 Å². The van der Waals surface area contributed by atoms with Gasteiger partial charge in [0.15, 0.2) is 5.82 Å². The van der Waals surface area contributed by atoms with Gasteiger partial charge in [0.25, 0.3) is 0 Å². The zero-order valence-corrected chi connectivity index (χ0v) is 12.4. The average Bonchev–Trinajstić information content (AvgIpc) is 2.50. The smallest absolute Gasteiger partial charge is 0.307 e. The molecule has 1 rings (SSSR count). The average molecular weight is 276 g/mol. The molecule has 6 nitrogen and oxygen atoms in total. The van der Waals surface area contributed by atoms with Crippen LogP contribution < -0.4 is 4.90 Å². The molecule has 0 bridgehead atoms. The lowest BCUT2D eigenvalue weighted by Gasteiger charge is -2.20. The van der Waals surface area contributed by atoms with E-state index in [0.29, 0.717) is 17.9 Å². The minimum absolute atomic E-state index is 0.247. The van der Waals surface area contributed by atoms with E-state index in [0.717, 1.165) is 24.1 Å². The van der Waals surface area contributed by atoms with Gasteiger partial charge >= 0.3 is 5.97 Å². The van der Waals surface area contributed by atoms with Gasteiger partial charge in [-0.3, -0.25) is 4.79 Å². The molecule has 0 aliphatic carbocycles. The fraction of sp³-hybridized carbons (Fsp3) is 0.571. The number of carbonyl (C=O) groups excluding carboxylic acids is 1. The van der Waals surface area contributed by atoms with Crippen LogP contribution in [0.25, 0.3) is 0 Å². The van der Waals surface area contributed by atoms with Crippen LogP contribution in [0, 0.1) is 11.3 Å². The van der Waals surface area contributed by atoms with Crippen molar-refractivity contribution in [3.8, 4) is 6.07 Å². The van der Waals surface area contributed by atoms with Crippen molar-refractivity contribution in [2.24, 2.45) is 0 Å². The summed E-state index contributed by atoms with van der Waals surface area (Å²) in [6.45, 7) is 4.42. The molecule has 0 aliphatic rings. The van der Waals surface area contributed by atoms with Gasteiger partial charge in [-0.05, 0) is 18.4 Å². The number of aryl methyl sites for hydroxylation is 1. The monoisotopic (exact) mass is 276 g/mol. The molecule has 0 atom stereocenters. The highest BCUT2D eigenvalue weighted by molar-refractivity contribution is 5.70. The molecular weight excluding hydrogens is 256 g/mol. The van der Waals surface area contributed by atoms with Crippen molar-refractivity contribution in [1.29, 1.82) is 5.26 Å². The molecule has 0 unspecified atom stereocenters. The Morgan fingerprint density at radius 1 is 1.35 bits per heavy atom. The van der Waals surface area contributed by atoms with Crippen molar-refractivity contribution < 1.29 is 9.53 Å². The summed E-state index contributed by atoms with van der Waals surface area (Å²) in [5.74, 6) is 0.231.